The van der Waals surface area contributed by atoms with Crippen LogP contribution in [-0.2, 0) is 4.74 Å². The van der Waals surface area contributed by atoms with E-state index in [-0.39, 0.29) is 11.8 Å². The van der Waals surface area contributed by atoms with Crippen LogP contribution in [-0.4, -0.2) is 66.8 Å². The average Bonchev–Trinajstić information content (AvgIpc) is 2.75. The lowest BCUT2D eigenvalue weighted by Crippen LogP contribution is -2.43. The van der Waals surface area contributed by atoms with E-state index in [0.717, 1.165) is 73.5 Å². The molecule has 1 saturated heterocycles. The van der Waals surface area contributed by atoms with E-state index in [9.17, 15) is 9.59 Å². The Kier molecular flexibility index (Phi) is 6.53. The number of hydrogen-bond donors (Lipinski definition) is 0. The van der Waals surface area contributed by atoms with Crippen LogP contribution in [0.1, 0.15) is 46.9 Å². The minimum absolute atomic E-state index is 0.161. The third-order valence-electron chi connectivity index (χ3n) is 5.67. The van der Waals surface area contributed by atoms with Gasteiger partial charge in [0.1, 0.15) is 0 Å². The van der Waals surface area contributed by atoms with Crippen molar-refractivity contribution >= 4 is 34.3 Å². The van der Waals surface area contributed by atoms with Gasteiger partial charge >= 0.3 is 0 Å². The Morgan fingerprint density at radius 1 is 0.966 bits per heavy atom. The summed E-state index contributed by atoms with van der Waals surface area (Å²) in [5, 5.41) is 1.85. The predicted octanol–water partition coefficient (Wildman–Crippen LogP) is 4.05. The average molecular weight is 413 g/mol. The van der Waals surface area contributed by atoms with Crippen molar-refractivity contribution < 1.29 is 14.3 Å². The predicted molar refractivity (Wildman–Crippen MR) is 117 cm³/mol. The van der Waals surface area contributed by atoms with E-state index in [4.69, 9.17) is 4.74 Å². The number of ether oxygens (including phenoxy) is 1. The summed E-state index contributed by atoms with van der Waals surface area (Å²) >= 11 is 1.81. The van der Waals surface area contributed by atoms with Gasteiger partial charge in [0.25, 0.3) is 11.8 Å². The summed E-state index contributed by atoms with van der Waals surface area (Å²) in [5.74, 6) is 0.724. The van der Waals surface area contributed by atoms with E-state index in [1.54, 1.807) is 0 Å². The van der Waals surface area contributed by atoms with Crippen LogP contribution in [0.15, 0.2) is 35.2 Å². The highest BCUT2D eigenvalue weighted by atomic mass is 32.2. The van der Waals surface area contributed by atoms with Crippen molar-refractivity contribution in [1.82, 2.24) is 9.80 Å². The molecule has 2 aromatic carbocycles. The Morgan fingerprint density at radius 3 is 2.48 bits per heavy atom. The zero-order valence-corrected chi connectivity index (χ0v) is 17.8. The van der Waals surface area contributed by atoms with Gasteiger partial charge in [0, 0.05) is 47.6 Å². The topological polar surface area (TPSA) is 49.9 Å². The maximum atomic E-state index is 13.1. The van der Waals surface area contributed by atoms with Crippen LogP contribution in [0.2, 0.25) is 0 Å². The van der Waals surface area contributed by atoms with Crippen LogP contribution < -0.4 is 0 Å². The molecule has 4 rings (SSSR count). The van der Waals surface area contributed by atoms with Gasteiger partial charge in [0.05, 0.1) is 13.2 Å². The van der Waals surface area contributed by atoms with Crippen molar-refractivity contribution in [2.24, 2.45) is 0 Å². The SMILES string of the molecule is CCCCSc1ccc2c3c(cccc13)C(=O)N(CCCN1CCOCC1)C2=O. The summed E-state index contributed by atoms with van der Waals surface area (Å²) in [6, 6.07) is 9.78. The zero-order valence-electron chi connectivity index (χ0n) is 17.0. The fraction of sp³-hybridized carbons (Fsp3) is 0.478. The standard InChI is InChI=1S/C23H28N2O3S/c1-2-3-16-29-20-9-8-19-21-17(20)6-4-7-18(21)22(26)25(23(19)27)11-5-10-24-12-14-28-15-13-24/h4,6-9H,2-3,5,10-16H2,1H3. The quantitative estimate of drug-likeness (QED) is 0.372. The molecule has 2 aliphatic rings. The molecule has 6 heteroatoms. The Labute approximate surface area is 176 Å². The highest BCUT2D eigenvalue weighted by Gasteiger charge is 2.33. The second kappa shape index (κ2) is 9.28. The van der Waals surface area contributed by atoms with Gasteiger partial charge in [-0.25, -0.2) is 0 Å². The van der Waals surface area contributed by atoms with Crippen molar-refractivity contribution in [3.63, 3.8) is 0 Å². The highest BCUT2D eigenvalue weighted by Crippen LogP contribution is 2.36. The van der Waals surface area contributed by atoms with E-state index >= 15 is 0 Å². The normalized spacial score (nSPS) is 17.3. The molecule has 2 aliphatic heterocycles. The van der Waals surface area contributed by atoms with Gasteiger partial charge in [-0.3, -0.25) is 19.4 Å². The monoisotopic (exact) mass is 412 g/mol. The molecule has 2 aromatic rings. The highest BCUT2D eigenvalue weighted by molar-refractivity contribution is 7.99. The van der Waals surface area contributed by atoms with Gasteiger partial charge in [-0.05, 0) is 42.2 Å². The molecular weight excluding hydrogens is 384 g/mol. The van der Waals surface area contributed by atoms with Gasteiger partial charge in [-0.15, -0.1) is 11.8 Å². The molecule has 0 N–H and O–H groups in total. The van der Waals surface area contributed by atoms with E-state index in [2.05, 4.69) is 11.8 Å². The fourth-order valence-electron chi connectivity index (χ4n) is 4.05. The van der Waals surface area contributed by atoms with Crippen LogP contribution in [0.4, 0.5) is 0 Å². The maximum Gasteiger partial charge on any atom is 0.261 e. The first-order valence-electron chi connectivity index (χ1n) is 10.6. The molecule has 29 heavy (non-hydrogen) atoms. The van der Waals surface area contributed by atoms with Gasteiger partial charge in [0.2, 0.25) is 0 Å². The van der Waals surface area contributed by atoms with Crippen molar-refractivity contribution in [3.05, 3.63) is 41.5 Å². The zero-order chi connectivity index (χ0) is 20.2. The molecule has 0 atom stereocenters. The smallest absolute Gasteiger partial charge is 0.261 e. The molecule has 0 aromatic heterocycles. The Bertz CT molecular complexity index is 886. The Hall–Kier alpha value is -1.89. The minimum atomic E-state index is -0.161. The largest absolute Gasteiger partial charge is 0.379 e. The van der Waals surface area contributed by atoms with Gasteiger partial charge < -0.3 is 4.74 Å². The number of amides is 2. The Morgan fingerprint density at radius 2 is 1.72 bits per heavy atom. The summed E-state index contributed by atoms with van der Waals surface area (Å²) in [7, 11) is 0. The van der Waals surface area contributed by atoms with E-state index in [0.29, 0.717) is 17.7 Å². The van der Waals surface area contributed by atoms with Gasteiger partial charge in [-0.2, -0.15) is 0 Å². The molecule has 0 saturated carbocycles. The first-order chi connectivity index (χ1) is 14.2. The lowest BCUT2D eigenvalue weighted by molar-refractivity contribution is 0.0352. The van der Waals surface area contributed by atoms with E-state index in [1.165, 1.54) is 4.90 Å². The third kappa shape index (κ3) is 4.20. The third-order valence-corrected chi connectivity index (χ3v) is 6.83. The first-order valence-corrected chi connectivity index (χ1v) is 11.5. The summed E-state index contributed by atoms with van der Waals surface area (Å²) in [5.41, 5.74) is 1.31. The summed E-state index contributed by atoms with van der Waals surface area (Å²) in [4.78, 5) is 31.2. The maximum absolute atomic E-state index is 13.1. The second-order valence-electron chi connectivity index (χ2n) is 7.61. The number of morpholine rings is 1. The lowest BCUT2D eigenvalue weighted by atomic mass is 9.94. The van der Waals surface area contributed by atoms with Crippen molar-refractivity contribution in [1.29, 1.82) is 0 Å². The number of benzene rings is 2. The van der Waals surface area contributed by atoms with Crippen molar-refractivity contribution in [2.75, 3.05) is 45.1 Å². The fourth-order valence-corrected chi connectivity index (χ4v) is 5.19. The van der Waals surface area contributed by atoms with Crippen LogP contribution in [0.5, 0.6) is 0 Å². The number of carbonyl (C=O) groups is 2. The van der Waals surface area contributed by atoms with Crippen molar-refractivity contribution in [3.8, 4) is 0 Å². The molecule has 0 unspecified atom stereocenters. The Balaban J connectivity index is 1.54. The lowest BCUT2D eigenvalue weighted by Gasteiger charge is -2.30. The summed E-state index contributed by atoms with van der Waals surface area (Å²) in [6.45, 7) is 6.88. The van der Waals surface area contributed by atoms with Gasteiger partial charge in [0.15, 0.2) is 0 Å². The molecule has 0 aliphatic carbocycles. The molecule has 154 valence electrons. The van der Waals surface area contributed by atoms with E-state index in [1.807, 2.05) is 42.1 Å². The minimum Gasteiger partial charge on any atom is -0.379 e. The molecule has 0 spiro atoms. The molecule has 5 nitrogen and oxygen atoms in total. The molecule has 0 bridgehead atoms. The molecule has 0 radical (unpaired) electrons. The number of imide groups is 1. The van der Waals surface area contributed by atoms with Crippen LogP contribution in [0, 0.1) is 0 Å². The molecule has 1 fully saturated rings. The number of hydrogen-bond acceptors (Lipinski definition) is 5. The second-order valence-corrected chi connectivity index (χ2v) is 8.75. The number of nitrogens with zero attached hydrogens (tertiary/aromatic N) is 2. The molecule has 2 amide bonds. The van der Waals surface area contributed by atoms with Crippen LogP contribution in [0.3, 0.4) is 0 Å². The van der Waals surface area contributed by atoms with E-state index < -0.39 is 0 Å². The summed E-state index contributed by atoms with van der Waals surface area (Å²) < 4.78 is 5.38. The van der Waals surface area contributed by atoms with Crippen molar-refractivity contribution in [2.45, 2.75) is 31.1 Å². The first kappa shape index (κ1) is 20.4. The summed E-state index contributed by atoms with van der Waals surface area (Å²) in [6.07, 6.45) is 3.10. The van der Waals surface area contributed by atoms with Crippen LogP contribution in [0.25, 0.3) is 10.8 Å². The number of unbranched alkanes of at least 4 members (excludes halogenated alkanes) is 1. The molecule has 2 heterocycles. The van der Waals surface area contributed by atoms with Crippen LogP contribution >= 0.6 is 11.8 Å². The molecular formula is C23H28N2O3S. The number of rotatable bonds is 8. The number of thioether (sulfide) groups is 1. The van der Waals surface area contributed by atoms with Gasteiger partial charge in [-0.1, -0.05) is 25.5 Å². The number of carbonyl (C=O) groups excluding carboxylic acids is 2.